The van der Waals surface area contributed by atoms with E-state index in [2.05, 4.69) is 39.8 Å². The molecule has 1 heterocycles. The summed E-state index contributed by atoms with van der Waals surface area (Å²) >= 11 is 0. The summed E-state index contributed by atoms with van der Waals surface area (Å²) in [6.45, 7) is 13.7. The number of fused-ring (bicyclic) bond motifs is 4. The SMILES string of the molecule is CC(=O)O[C@H]1CC[C@]2(C)C3CC[C@@]4(C)C(CC[C@@H]4C(C)CCCC(C)C)C3C/C(=N\O)[C@@]23O[C@@H]13. The van der Waals surface area contributed by atoms with E-state index >= 15 is 0 Å². The maximum absolute atomic E-state index is 11.7. The van der Waals surface area contributed by atoms with Crippen LogP contribution in [0.4, 0.5) is 0 Å². The molecule has 192 valence electrons. The molecule has 5 nitrogen and oxygen atoms in total. The third-order valence-electron chi connectivity index (χ3n) is 11.5. The van der Waals surface area contributed by atoms with Gasteiger partial charge in [0.2, 0.25) is 0 Å². The summed E-state index contributed by atoms with van der Waals surface area (Å²) in [6, 6.07) is 0. The third kappa shape index (κ3) is 3.42. The van der Waals surface area contributed by atoms with Gasteiger partial charge in [0.1, 0.15) is 17.8 Å². The molecule has 10 atom stereocenters. The van der Waals surface area contributed by atoms with Crippen molar-refractivity contribution in [3.05, 3.63) is 0 Å². The molecular weight excluding hydrogens is 426 g/mol. The predicted octanol–water partition coefficient (Wildman–Crippen LogP) is 6.61. The molecular formula is C29H47NO4. The van der Waals surface area contributed by atoms with Gasteiger partial charge in [-0.15, -0.1) is 0 Å². The number of ether oxygens (including phenoxy) is 2. The van der Waals surface area contributed by atoms with Crippen molar-refractivity contribution in [3.8, 4) is 0 Å². The molecule has 1 saturated heterocycles. The van der Waals surface area contributed by atoms with E-state index in [9.17, 15) is 10.0 Å². The van der Waals surface area contributed by atoms with Crippen molar-refractivity contribution in [3.63, 3.8) is 0 Å². The van der Waals surface area contributed by atoms with Gasteiger partial charge in [-0.25, -0.2) is 0 Å². The average molecular weight is 474 g/mol. The molecule has 0 aromatic heterocycles. The number of oxime groups is 1. The minimum Gasteiger partial charge on any atom is -0.460 e. The molecule has 1 N–H and O–H groups in total. The number of epoxide rings is 1. The minimum atomic E-state index is -0.531. The standard InChI is InChI=1S/C29H47NO4/c1-17(2)8-7-9-18(3)21-10-11-22-20-16-25(30-32)29-26(34-29)24(33-19(4)31)13-15-28(29,6)23(20)12-14-27(21,22)5/h17-18,20-24,26,32H,7-16H2,1-6H3/b30-25+/t18?,20?,21-,22?,23?,24+,26+,27-,28-,29+/m1/s1. The summed E-state index contributed by atoms with van der Waals surface area (Å²) in [5, 5.41) is 14.1. The first-order chi connectivity index (χ1) is 16.1. The zero-order valence-electron chi connectivity index (χ0n) is 22.3. The van der Waals surface area contributed by atoms with Crippen LogP contribution in [0.5, 0.6) is 0 Å². The highest BCUT2D eigenvalue weighted by molar-refractivity contribution is 5.97. The van der Waals surface area contributed by atoms with Crippen LogP contribution in [-0.4, -0.2) is 34.7 Å². The van der Waals surface area contributed by atoms with Gasteiger partial charge in [0.25, 0.3) is 0 Å². The number of esters is 1. The lowest BCUT2D eigenvalue weighted by Crippen LogP contribution is -2.62. The van der Waals surface area contributed by atoms with Crippen LogP contribution in [-0.2, 0) is 14.3 Å². The Bertz CT molecular complexity index is 840. The molecule has 34 heavy (non-hydrogen) atoms. The summed E-state index contributed by atoms with van der Waals surface area (Å²) in [4.78, 5) is 11.7. The number of carbonyl (C=O) groups excluding carboxylic acids is 1. The maximum Gasteiger partial charge on any atom is 0.302 e. The van der Waals surface area contributed by atoms with Gasteiger partial charge >= 0.3 is 5.97 Å². The minimum absolute atomic E-state index is 0.0406. The van der Waals surface area contributed by atoms with Gasteiger partial charge < -0.3 is 14.7 Å². The first-order valence-electron chi connectivity index (χ1n) is 14.1. The van der Waals surface area contributed by atoms with Gasteiger partial charge in [-0.05, 0) is 85.9 Å². The van der Waals surface area contributed by atoms with E-state index in [1.165, 1.54) is 51.9 Å². The lowest BCUT2D eigenvalue weighted by Gasteiger charge is -2.60. The van der Waals surface area contributed by atoms with Crippen molar-refractivity contribution in [1.82, 2.24) is 0 Å². The fourth-order valence-corrected chi connectivity index (χ4v) is 9.98. The summed E-state index contributed by atoms with van der Waals surface area (Å²) < 4.78 is 12.1. The zero-order chi connectivity index (χ0) is 24.5. The van der Waals surface area contributed by atoms with Crippen molar-refractivity contribution in [2.75, 3.05) is 0 Å². The average Bonchev–Trinajstić information content (AvgIpc) is 3.43. The monoisotopic (exact) mass is 473 g/mol. The van der Waals surface area contributed by atoms with Gasteiger partial charge in [-0.1, -0.05) is 59.0 Å². The van der Waals surface area contributed by atoms with E-state index in [-0.39, 0.29) is 23.6 Å². The second-order valence-corrected chi connectivity index (χ2v) is 13.5. The second kappa shape index (κ2) is 8.49. The molecule has 0 aromatic rings. The Morgan fingerprint density at radius 3 is 2.56 bits per heavy atom. The summed E-state index contributed by atoms with van der Waals surface area (Å²) in [6.07, 6.45) is 11.6. The third-order valence-corrected chi connectivity index (χ3v) is 11.5. The first-order valence-corrected chi connectivity index (χ1v) is 14.1. The lowest BCUT2D eigenvalue weighted by molar-refractivity contribution is -0.150. The van der Waals surface area contributed by atoms with Gasteiger partial charge in [0.15, 0.2) is 0 Å². The normalized spacial score (nSPS) is 49.1. The van der Waals surface area contributed by atoms with E-state index in [1.54, 1.807) is 0 Å². The number of carbonyl (C=O) groups is 1. The van der Waals surface area contributed by atoms with E-state index in [0.717, 1.165) is 42.7 Å². The number of rotatable bonds is 6. The van der Waals surface area contributed by atoms with Crippen LogP contribution in [0.2, 0.25) is 0 Å². The van der Waals surface area contributed by atoms with Crippen molar-refractivity contribution in [2.45, 2.75) is 124 Å². The quantitative estimate of drug-likeness (QED) is 0.204. The van der Waals surface area contributed by atoms with Crippen LogP contribution in [0.3, 0.4) is 0 Å². The topological polar surface area (TPSA) is 71.4 Å². The Morgan fingerprint density at radius 1 is 1.12 bits per heavy atom. The molecule has 5 heteroatoms. The highest BCUT2D eigenvalue weighted by atomic mass is 16.7. The van der Waals surface area contributed by atoms with E-state index in [0.29, 0.717) is 23.2 Å². The Balaban J connectivity index is 1.37. The molecule has 1 aliphatic heterocycles. The summed E-state index contributed by atoms with van der Waals surface area (Å²) in [5.74, 6) is 4.02. The van der Waals surface area contributed by atoms with Crippen LogP contribution in [0.25, 0.3) is 0 Å². The van der Waals surface area contributed by atoms with Crippen LogP contribution in [0, 0.1) is 46.3 Å². The number of nitrogens with zero attached hydrogens (tertiary/aromatic N) is 1. The molecule has 4 saturated carbocycles. The molecule has 1 spiro atoms. The highest BCUT2D eigenvalue weighted by Crippen LogP contribution is 2.73. The molecule has 0 bridgehead atoms. The molecule has 0 radical (unpaired) electrons. The van der Waals surface area contributed by atoms with Crippen LogP contribution in [0.15, 0.2) is 5.16 Å². The fourth-order valence-electron chi connectivity index (χ4n) is 9.98. The van der Waals surface area contributed by atoms with Crippen molar-refractivity contribution >= 4 is 11.7 Å². The Hall–Kier alpha value is -1.10. The van der Waals surface area contributed by atoms with Gasteiger partial charge in [-0.2, -0.15) is 0 Å². The van der Waals surface area contributed by atoms with Gasteiger partial charge in [0, 0.05) is 12.3 Å². The van der Waals surface area contributed by atoms with Crippen molar-refractivity contribution in [2.24, 2.45) is 51.5 Å². The first kappa shape index (κ1) is 24.6. The molecule has 5 rings (SSSR count). The molecule has 4 aliphatic carbocycles. The Morgan fingerprint density at radius 2 is 1.88 bits per heavy atom. The van der Waals surface area contributed by atoms with Crippen molar-refractivity contribution in [1.29, 1.82) is 0 Å². The van der Waals surface area contributed by atoms with E-state index in [4.69, 9.17) is 9.47 Å². The predicted molar refractivity (Wildman–Crippen MR) is 133 cm³/mol. The zero-order valence-corrected chi connectivity index (χ0v) is 22.3. The summed E-state index contributed by atoms with van der Waals surface area (Å²) in [7, 11) is 0. The van der Waals surface area contributed by atoms with Crippen LogP contribution < -0.4 is 0 Å². The number of hydrogen-bond acceptors (Lipinski definition) is 5. The molecule has 0 aromatic carbocycles. The fraction of sp³-hybridized carbons (Fsp3) is 0.931. The van der Waals surface area contributed by atoms with Gasteiger partial charge in [0.05, 0.1) is 5.71 Å². The number of hydrogen-bond donors (Lipinski definition) is 1. The molecule has 0 amide bonds. The second-order valence-electron chi connectivity index (χ2n) is 13.5. The Labute approximate surface area is 206 Å². The maximum atomic E-state index is 11.7. The van der Waals surface area contributed by atoms with Gasteiger partial charge in [-0.3, -0.25) is 4.79 Å². The largest absolute Gasteiger partial charge is 0.460 e. The van der Waals surface area contributed by atoms with E-state index in [1.807, 2.05) is 0 Å². The van der Waals surface area contributed by atoms with E-state index < -0.39 is 5.60 Å². The molecule has 4 unspecified atom stereocenters. The lowest BCUT2D eigenvalue weighted by atomic mass is 9.43. The van der Waals surface area contributed by atoms with Crippen LogP contribution in [0.1, 0.15) is 106 Å². The molecule has 5 fully saturated rings. The smallest absolute Gasteiger partial charge is 0.302 e. The summed E-state index contributed by atoms with van der Waals surface area (Å²) in [5.41, 5.74) is 0.660. The highest BCUT2D eigenvalue weighted by Gasteiger charge is 2.80. The molecule has 5 aliphatic rings. The van der Waals surface area contributed by atoms with Crippen molar-refractivity contribution < 1.29 is 19.5 Å². The Kier molecular flexibility index (Phi) is 6.14. The van der Waals surface area contributed by atoms with Crippen LogP contribution >= 0.6 is 0 Å².